The molecule has 2 unspecified atom stereocenters. The summed E-state index contributed by atoms with van der Waals surface area (Å²) in [5, 5.41) is 0. The summed E-state index contributed by atoms with van der Waals surface area (Å²) in [5.41, 5.74) is 0. The molecular weight excluding hydrogens is 168 g/mol. The molecule has 13 heavy (non-hydrogen) atoms. The van der Waals surface area contributed by atoms with Gasteiger partial charge in [-0.05, 0) is 32.1 Å². The Hall–Kier alpha value is -0.570. The van der Waals surface area contributed by atoms with Gasteiger partial charge in [0.25, 0.3) is 0 Å². The van der Waals surface area contributed by atoms with Gasteiger partial charge in [0.05, 0.1) is 12.2 Å². The van der Waals surface area contributed by atoms with Crippen LogP contribution in [0, 0.1) is 0 Å². The van der Waals surface area contributed by atoms with E-state index in [0.29, 0.717) is 6.10 Å². The van der Waals surface area contributed by atoms with Gasteiger partial charge in [-0.1, -0.05) is 0 Å². The number of ether oxygens (including phenoxy) is 2. The third-order valence-corrected chi connectivity index (χ3v) is 2.89. The van der Waals surface area contributed by atoms with Crippen LogP contribution in [-0.4, -0.2) is 24.3 Å². The van der Waals surface area contributed by atoms with Crippen LogP contribution >= 0.6 is 0 Å². The van der Waals surface area contributed by atoms with Gasteiger partial charge in [0.2, 0.25) is 0 Å². The van der Waals surface area contributed by atoms with Crippen LogP contribution in [0.3, 0.4) is 0 Å². The highest BCUT2D eigenvalue weighted by Crippen LogP contribution is 2.32. The van der Waals surface area contributed by atoms with Gasteiger partial charge in [0, 0.05) is 6.92 Å². The Morgan fingerprint density at radius 3 is 2.92 bits per heavy atom. The van der Waals surface area contributed by atoms with E-state index in [2.05, 4.69) is 0 Å². The largest absolute Gasteiger partial charge is 0.460 e. The third kappa shape index (κ3) is 2.02. The van der Waals surface area contributed by atoms with Gasteiger partial charge in [-0.2, -0.15) is 0 Å². The van der Waals surface area contributed by atoms with Crippen molar-refractivity contribution in [3.8, 4) is 0 Å². The van der Waals surface area contributed by atoms with E-state index in [4.69, 9.17) is 9.47 Å². The van der Waals surface area contributed by atoms with Crippen molar-refractivity contribution >= 4 is 5.97 Å². The lowest BCUT2D eigenvalue weighted by atomic mass is 9.99. The first-order chi connectivity index (χ1) is 6.25. The zero-order chi connectivity index (χ0) is 9.26. The average molecular weight is 184 g/mol. The Labute approximate surface area is 78.4 Å². The Kier molecular flexibility index (Phi) is 2.54. The van der Waals surface area contributed by atoms with Crippen LogP contribution in [0.25, 0.3) is 0 Å². The number of rotatable bonds is 1. The molecule has 0 spiro atoms. The van der Waals surface area contributed by atoms with Crippen molar-refractivity contribution in [2.24, 2.45) is 0 Å². The number of carbonyl (C=O) groups is 1. The Bertz CT molecular complexity index is 202. The zero-order valence-corrected chi connectivity index (χ0v) is 7.99. The maximum atomic E-state index is 10.8. The highest BCUT2D eigenvalue weighted by atomic mass is 16.6. The summed E-state index contributed by atoms with van der Waals surface area (Å²) in [7, 11) is 0. The first kappa shape index (κ1) is 9.00. The fraction of sp³-hybridized carbons (Fsp3) is 0.900. The van der Waals surface area contributed by atoms with Crippen LogP contribution in [0.5, 0.6) is 0 Å². The first-order valence-corrected chi connectivity index (χ1v) is 5.08. The first-order valence-electron chi connectivity index (χ1n) is 5.08. The molecule has 3 nitrogen and oxygen atoms in total. The fourth-order valence-electron chi connectivity index (χ4n) is 2.30. The van der Waals surface area contributed by atoms with E-state index in [9.17, 15) is 4.79 Å². The second kappa shape index (κ2) is 3.66. The lowest BCUT2D eigenvalue weighted by Gasteiger charge is -2.20. The van der Waals surface area contributed by atoms with Crippen LogP contribution in [0.2, 0.25) is 0 Å². The van der Waals surface area contributed by atoms with E-state index in [1.807, 2.05) is 0 Å². The molecule has 2 saturated heterocycles. The van der Waals surface area contributed by atoms with Gasteiger partial charge in [0.15, 0.2) is 0 Å². The van der Waals surface area contributed by atoms with Crippen molar-refractivity contribution in [1.29, 1.82) is 0 Å². The highest BCUT2D eigenvalue weighted by Gasteiger charge is 2.35. The molecule has 2 aliphatic heterocycles. The van der Waals surface area contributed by atoms with E-state index >= 15 is 0 Å². The van der Waals surface area contributed by atoms with Crippen molar-refractivity contribution in [3.63, 3.8) is 0 Å². The number of hydrogen-bond donors (Lipinski definition) is 0. The number of fused-ring (bicyclic) bond motifs is 2. The normalized spacial score (nSPS) is 38.4. The summed E-state index contributed by atoms with van der Waals surface area (Å²) in [6.07, 6.45) is 6.06. The van der Waals surface area contributed by atoms with E-state index in [0.717, 1.165) is 32.1 Å². The lowest BCUT2D eigenvalue weighted by molar-refractivity contribution is -0.153. The maximum Gasteiger partial charge on any atom is 0.302 e. The summed E-state index contributed by atoms with van der Waals surface area (Å²) in [6, 6.07) is 0. The summed E-state index contributed by atoms with van der Waals surface area (Å²) in [6.45, 7) is 1.47. The van der Waals surface area contributed by atoms with Crippen molar-refractivity contribution in [1.82, 2.24) is 0 Å². The minimum atomic E-state index is -0.182. The van der Waals surface area contributed by atoms with Crippen LogP contribution in [0.1, 0.15) is 39.0 Å². The van der Waals surface area contributed by atoms with Gasteiger partial charge < -0.3 is 9.47 Å². The van der Waals surface area contributed by atoms with E-state index in [-0.39, 0.29) is 18.2 Å². The minimum absolute atomic E-state index is 0.0185. The summed E-state index contributed by atoms with van der Waals surface area (Å²) < 4.78 is 11.0. The van der Waals surface area contributed by atoms with Gasteiger partial charge >= 0.3 is 5.97 Å². The van der Waals surface area contributed by atoms with Crippen LogP contribution in [0.4, 0.5) is 0 Å². The number of carbonyl (C=O) groups excluding carboxylic acids is 1. The molecule has 2 bridgehead atoms. The number of esters is 1. The van der Waals surface area contributed by atoms with Gasteiger partial charge in [0.1, 0.15) is 6.10 Å². The summed E-state index contributed by atoms with van der Waals surface area (Å²) >= 11 is 0. The Morgan fingerprint density at radius 1 is 1.31 bits per heavy atom. The molecule has 3 heteroatoms. The molecule has 0 N–H and O–H groups in total. The molecule has 0 aromatic rings. The average Bonchev–Trinajstić information content (AvgIpc) is 2.40. The van der Waals surface area contributed by atoms with Gasteiger partial charge in [-0.25, -0.2) is 0 Å². The van der Waals surface area contributed by atoms with E-state index in [1.54, 1.807) is 0 Å². The molecule has 0 aromatic carbocycles. The third-order valence-electron chi connectivity index (χ3n) is 2.89. The maximum absolute atomic E-state index is 10.8. The number of hydrogen-bond acceptors (Lipinski definition) is 3. The van der Waals surface area contributed by atoms with Gasteiger partial charge in [-0.15, -0.1) is 0 Å². The molecule has 0 radical (unpaired) electrons. The monoisotopic (exact) mass is 184 g/mol. The fourth-order valence-corrected chi connectivity index (χ4v) is 2.30. The molecule has 0 saturated carbocycles. The summed E-state index contributed by atoms with van der Waals surface area (Å²) in [5.74, 6) is -0.182. The molecule has 2 heterocycles. The Balaban J connectivity index is 1.97. The van der Waals surface area contributed by atoms with Crippen molar-refractivity contribution in [2.45, 2.75) is 57.3 Å². The molecule has 3 atom stereocenters. The highest BCUT2D eigenvalue weighted by molar-refractivity contribution is 5.66. The van der Waals surface area contributed by atoms with Crippen LogP contribution < -0.4 is 0 Å². The second-order valence-electron chi connectivity index (χ2n) is 3.95. The zero-order valence-electron chi connectivity index (χ0n) is 7.99. The molecule has 2 rings (SSSR count). The molecule has 2 fully saturated rings. The smallest absolute Gasteiger partial charge is 0.302 e. The second-order valence-corrected chi connectivity index (χ2v) is 3.95. The molecule has 0 aliphatic carbocycles. The van der Waals surface area contributed by atoms with Crippen LogP contribution in [-0.2, 0) is 14.3 Å². The predicted octanol–water partition coefficient (Wildman–Crippen LogP) is 1.65. The molecular formula is C10H16O3. The summed E-state index contributed by atoms with van der Waals surface area (Å²) in [4.78, 5) is 10.8. The van der Waals surface area contributed by atoms with Crippen molar-refractivity contribution < 1.29 is 14.3 Å². The molecule has 0 amide bonds. The van der Waals surface area contributed by atoms with Crippen molar-refractivity contribution in [3.05, 3.63) is 0 Å². The van der Waals surface area contributed by atoms with E-state index in [1.165, 1.54) is 6.92 Å². The lowest BCUT2D eigenvalue weighted by Crippen LogP contribution is -2.29. The molecule has 74 valence electrons. The topological polar surface area (TPSA) is 35.5 Å². The minimum Gasteiger partial charge on any atom is -0.460 e. The van der Waals surface area contributed by atoms with Crippen LogP contribution in [0.15, 0.2) is 0 Å². The van der Waals surface area contributed by atoms with Crippen molar-refractivity contribution in [2.75, 3.05) is 0 Å². The van der Waals surface area contributed by atoms with Gasteiger partial charge in [-0.3, -0.25) is 4.79 Å². The molecule has 0 aromatic heterocycles. The molecule has 2 aliphatic rings. The SMILES string of the molecule is CC(=O)O[C@H]1CCCC2CCC1O2. The quantitative estimate of drug-likeness (QED) is 0.581. The Morgan fingerprint density at radius 2 is 2.15 bits per heavy atom. The standard InChI is InChI=1S/C10H16O3/c1-7(11)12-9-4-2-3-8-5-6-10(9)13-8/h8-10H,2-6H2,1H3/t8?,9-,10?/m0/s1. The van der Waals surface area contributed by atoms with E-state index < -0.39 is 0 Å². The predicted molar refractivity (Wildman–Crippen MR) is 47.3 cm³/mol.